The van der Waals surface area contributed by atoms with Crippen LogP contribution in [-0.2, 0) is 0 Å². The molecule has 0 aromatic heterocycles. The van der Waals surface area contributed by atoms with E-state index in [1.807, 2.05) is 0 Å². The lowest BCUT2D eigenvalue weighted by molar-refractivity contribution is -0.0521. The molecule has 4 nitrogen and oxygen atoms in total. The van der Waals surface area contributed by atoms with Crippen molar-refractivity contribution in [2.45, 2.75) is 31.4 Å². The van der Waals surface area contributed by atoms with Gasteiger partial charge in [0.2, 0.25) is 0 Å². The van der Waals surface area contributed by atoms with Gasteiger partial charge in [-0.2, -0.15) is 8.78 Å². The Morgan fingerprint density at radius 3 is 2.58 bits per heavy atom. The van der Waals surface area contributed by atoms with Crippen LogP contribution in [0.15, 0.2) is 12.1 Å². The van der Waals surface area contributed by atoms with E-state index >= 15 is 0 Å². The van der Waals surface area contributed by atoms with E-state index in [9.17, 15) is 18.3 Å². The van der Waals surface area contributed by atoms with Gasteiger partial charge in [-0.3, -0.25) is 0 Å². The summed E-state index contributed by atoms with van der Waals surface area (Å²) in [5, 5.41) is 12.3. The van der Waals surface area contributed by atoms with Gasteiger partial charge in [-0.1, -0.05) is 0 Å². The van der Waals surface area contributed by atoms with Gasteiger partial charge >= 0.3 is 6.61 Å². The number of alkyl halides is 2. The second kappa shape index (κ2) is 5.16. The van der Waals surface area contributed by atoms with E-state index in [2.05, 4.69) is 10.1 Å². The normalized spacial score (nSPS) is 17.1. The average Bonchev–Trinajstić information content (AvgIpc) is 2.28. The van der Waals surface area contributed by atoms with Crippen LogP contribution in [0.5, 0.6) is 5.75 Å². The Balaban J connectivity index is 2.24. The van der Waals surface area contributed by atoms with Crippen LogP contribution in [0.4, 0.5) is 24.5 Å². The molecule has 2 rings (SSSR count). The maximum atomic E-state index is 13.4. The first-order chi connectivity index (χ1) is 8.96. The predicted molar refractivity (Wildman–Crippen MR) is 64.7 cm³/mol. The summed E-state index contributed by atoms with van der Waals surface area (Å²) in [5.41, 5.74) is 5.49. The molecule has 0 unspecified atom stereocenters. The summed E-state index contributed by atoms with van der Waals surface area (Å²) in [5.74, 6) is -1.52. The summed E-state index contributed by atoms with van der Waals surface area (Å²) in [6.07, 6.45) is 2.44. The van der Waals surface area contributed by atoms with E-state index < -0.39 is 23.7 Å². The van der Waals surface area contributed by atoms with Gasteiger partial charge in [0.25, 0.3) is 0 Å². The van der Waals surface area contributed by atoms with Gasteiger partial charge in [-0.05, 0) is 19.3 Å². The second-order valence-corrected chi connectivity index (χ2v) is 4.67. The lowest BCUT2D eigenvalue weighted by atomic mass is 9.77. The number of benzene rings is 1. The highest BCUT2D eigenvalue weighted by Crippen LogP contribution is 2.38. The summed E-state index contributed by atoms with van der Waals surface area (Å²) in [6.45, 7) is -3.21. The van der Waals surface area contributed by atoms with Crippen LogP contribution in [0.1, 0.15) is 19.3 Å². The molecule has 0 bridgehead atoms. The molecule has 0 saturated heterocycles. The second-order valence-electron chi connectivity index (χ2n) is 4.67. The number of anilines is 2. The lowest BCUT2D eigenvalue weighted by Gasteiger charge is -2.42. The molecule has 0 amide bonds. The fraction of sp³-hybridized carbons (Fsp3) is 0.500. The van der Waals surface area contributed by atoms with Crippen molar-refractivity contribution >= 4 is 11.4 Å². The third kappa shape index (κ3) is 2.86. The molecule has 1 saturated carbocycles. The summed E-state index contributed by atoms with van der Waals surface area (Å²) < 4.78 is 41.7. The fourth-order valence-electron chi connectivity index (χ4n) is 2.08. The Morgan fingerprint density at radius 1 is 1.42 bits per heavy atom. The number of nitrogen functional groups attached to an aromatic ring is 1. The summed E-state index contributed by atoms with van der Waals surface area (Å²) >= 11 is 0. The van der Waals surface area contributed by atoms with E-state index in [-0.39, 0.29) is 18.0 Å². The molecule has 0 heterocycles. The van der Waals surface area contributed by atoms with Gasteiger partial charge in [0.1, 0.15) is 0 Å². The van der Waals surface area contributed by atoms with Gasteiger partial charge in [0, 0.05) is 12.1 Å². The summed E-state index contributed by atoms with van der Waals surface area (Å²) in [6, 6.07) is 2.01. The van der Waals surface area contributed by atoms with Gasteiger partial charge < -0.3 is 20.9 Å². The highest BCUT2D eigenvalue weighted by Gasteiger charge is 2.36. The van der Waals surface area contributed by atoms with E-state index in [4.69, 9.17) is 5.73 Å². The zero-order valence-electron chi connectivity index (χ0n) is 10.1. The Hall–Kier alpha value is -1.63. The molecule has 1 fully saturated rings. The Kier molecular flexibility index (Phi) is 3.75. The molecular weight excluding hydrogens is 261 g/mol. The molecule has 0 radical (unpaired) electrons. The number of ether oxygens (including phenoxy) is 1. The van der Waals surface area contributed by atoms with Crippen molar-refractivity contribution in [1.82, 2.24) is 0 Å². The van der Waals surface area contributed by atoms with E-state index in [1.165, 1.54) is 0 Å². The largest absolute Gasteiger partial charge is 0.432 e. The van der Waals surface area contributed by atoms with Crippen LogP contribution < -0.4 is 15.8 Å². The van der Waals surface area contributed by atoms with E-state index in [0.29, 0.717) is 0 Å². The third-order valence-corrected chi connectivity index (χ3v) is 3.33. The van der Waals surface area contributed by atoms with Crippen molar-refractivity contribution in [2.24, 2.45) is 0 Å². The molecule has 0 aliphatic heterocycles. The van der Waals surface area contributed by atoms with Gasteiger partial charge in [0.15, 0.2) is 11.6 Å². The standard InChI is InChI=1S/C12H15F3N2O2/c13-7-4-8(16)9(5-10(7)19-11(14)15)17-12(6-18)2-1-3-12/h4-5,11,17-18H,1-3,6,16H2. The van der Waals surface area contributed by atoms with Crippen molar-refractivity contribution < 1.29 is 23.0 Å². The zero-order chi connectivity index (χ0) is 14.0. The van der Waals surface area contributed by atoms with Crippen molar-refractivity contribution in [3.8, 4) is 5.75 Å². The molecule has 4 N–H and O–H groups in total. The Morgan fingerprint density at radius 2 is 2.11 bits per heavy atom. The topological polar surface area (TPSA) is 67.5 Å². The van der Waals surface area contributed by atoms with Crippen molar-refractivity contribution in [2.75, 3.05) is 17.7 Å². The number of hydrogen-bond donors (Lipinski definition) is 3. The van der Waals surface area contributed by atoms with Crippen LogP contribution in [-0.4, -0.2) is 23.9 Å². The first-order valence-corrected chi connectivity index (χ1v) is 5.89. The predicted octanol–water partition coefficient (Wildman–Crippen LogP) is 2.34. The number of halogens is 3. The Labute approximate surface area is 108 Å². The lowest BCUT2D eigenvalue weighted by Crippen LogP contribution is -2.48. The number of aliphatic hydroxyl groups excluding tert-OH is 1. The highest BCUT2D eigenvalue weighted by atomic mass is 19.3. The molecule has 0 atom stereocenters. The quantitative estimate of drug-likeness (QED) is 0.722. The van der Waals surface area contributed by atoms with Crippen LogP contribution in [0.25, 0.3) is 0 Å². The summed E-state index contributed by atoms with van der Waals surface area (Å²) in [7, 11) is 0. The third-order valence-electron chi connectivity index (χ3n) is 3.33. The average molecular weight is 276 g/mol. The number of hydrogen-bond acceptors (Lipinski definition) is 4. The molecule has 0 spiro atoms. The maximum Gasteiger partial charge on any atom is 0.387 e. The zero-order valence-corrected chi connectivity index (χ0v) is 10.1. The molecule has 1 aliphatic carbocycles. The van der Waals surface area contributed by atoms with Crippen LogP contribution >= 0.6 is 0 Å². The minimum absolute atomic E-state index is 0.0823. The minimum Gasteiger partial charge on any atom is -0.432 e. The van der Waals surface area contributed by atoms with Gasteiger partial charge in [-0.25, -0.2) is 4.39 Å². The minimum atomic E-state index is -3.11. The van der Waals surface area contributed by atoms with Crippen LogP contribution in [0, 0.1) is 5.82 Å². The van der Waals surface area contributed by atoms with E-state index in [0.717, 1.165) is 31.4 Å². The van der Waals surface area contributed by atoms with Crippen LogP contribution in [0.3, 0.4) is 0 Å². The summed E-state index contributed by atoms with van der Waals surface area (Å²) in [4.78, 5) is 0. The van der Waals surface area contributed by atoms with Crippen molar-refractivity contribution in [3.63, 3.8) is 0 Å². The number of nitrogens with one attached hydrogen (secondary N) is 1. The first kappa shape index (κ1) is 13.8. The molecule has 19 heavy (non-hydrogen) atoms. The molecule has 1 aromatic carbocycles. The Bertz CT molecular complexity index is 459. The number of nitrogens with two attached hydrogens (primary N) is 1. The molecule has 1 aromatic rings. The number of aliphatic hydroxyl groups is 1. The van der Waals surface area contributed by atoms with Crippen molar-refractivity contribution in [3.05, 3.63) is 17.9 Å². The maximum absolute atomic E-state index is 13.4. The highest BCUT2D eigenvalue weighted by molar-refractivity contribution is 5.69. The monoisotopic (exact) mass is 276 g/mol. The van der Waals surface area contributed by atoms with Gasteiger partial charge in [-0.15, -0.1) is 0 Å². The number of rotatable bonds is 5. The van der Waals surface area contributed by atoms with Crippen molar-refractivity contribution in [1.29, 1.82) is 0 Å². The molecule has 7 heteroatoms. The van der Waals surface area contributed by atoms with E-state index in [1.54, 1.807) is 0 Å². The molecule has 1 aliphatic rings. The first-order valence-electron chi connectivity index (χ1n) is 5.89. The van der Waals surface area contributed by atoms with Gasteiger partial charge in [0.05, 0.1) is 23.5 Å². The molecular formula is C12H15F3N2O2. The fourth-order valence-corrected chi connectivity index (χ4v) is 2.08. The van der Waals surface area contributed by atoms with Crippen LogP contribution in [0.2, 0.25) is 0 Å². The molecule has 106 valence electrons. The SMILES string of the molecule is Nc1cc(F)c(OC(F)F)cc1NC1(CO)CCC1. The smallest absolute Gasteiger partial charge is 0.387 e.